The Kier molecular flexibility index (Phi) is 10.6. The summed E-state index contributed by atoms with van der Waals surface area (Å²) in [5.74, 6) is -0.711. The Bertz CT molecular complexity index is 1460. The minimum Gasteiger partial charge on any atom is -0.354 e. The number of carbonyl (C=O) groups excluding carboxylic acids is 2. The van der Waals surface area contributed by atoms with Crippen molar-refractivity contribution < 1.29 is 22.9 Å². The summed E-state index contributed by atoms with van der Waals surface area (Å²) in [5, 5.41) is 14.1. The van der Waals surface area contributed by atoms with E-state index in [-0.39, 0.29) is 34.6 Å². The first kappa shape index (κ1) is 31.3. The number of rotatable bonds is 13. The minimum absolute atomic E-state index is 0.0434. The van der Waals surface area contributed by atoms with Gasteiger partial charge >= 0.3 is 0 Å². The second-order valence-electron chi connectivity index (χ2n) is 10.2. The van der Waals surface area contributed by atoms with E-state index in [1.165, 1.54) is 41.3 Å². The van der Waals surface area contributed by atoms with Crippen molar-refractivity contribution in [1.82, 2.24) is 10.2 Å². The highest BCUT2D eigenvalue weighted by Gasteiger charge is 2.33. The van der Waals surface area contributed by atoms with Gasteiger partial charge in [-0.05, 0) is 49.1 Å². The Balaban J connectivity index is 2.05. The number of carbonyl (C=O) groups is 2. The molecule has 0 aliphatic heterocycles. The van der Waals surface area contributed by atoms with Crippen LogP contribution < -0.4 is 9.62 Å². The summed E-state index contributed by atoms with van der Waals surface area (Å²) in [4.78, 5) is 39.3. The van der Waals surface area contributed by atoms with E-state index < -0.39 is 33.4 Å². The van der Waals surface area contributed by atoms with E-state index in [0.717, 1.165) is 15.4 Å². The second kappa shape index (κ2) is 13.9. The van der Waals surface area contributed by atoms with Crippen molar-refractivity contribution in [2.45, 2.75) is 51.6 Å². The number of sulfonamides is 1. The quantitative estimate of drug-likeness (QED) is 0.231. The first-order valence-corrected chi connectivity index (χ1v) is 14.8. The molecule has 0 spiro atoms. The van der Waals surface area contributed by atoms with Crippen LogP contribution in [0.25, 0.3) is 0 Å². The highest BCUT2D eigenvalue weighted by atomic mass is 32.2. The summed E-state index contributed by atoms with van der Waals surface area (Å²) in [6, 6.07) is 19.3. The van der Waals surface area contributed by atoms with Gasteiger partial charge in [0.2, 0.25) is 11.8 Å². The molecule has 0 saturated heterocycles. The van der Waals surface area contributed by atoms with Gasteiger partial charge in [0, 0.05) is 25.2 Å². The van der Waals surface area contributed by atoms with Gasteiger partial charge in [-0.25, -0.2) is 8.42 Å². The summed E-state index contributed by atoms with van der Waals surface area (Å²) < 4.78 is 28.5. The predicted octanol–water partition coefficient (Wildman–Crippen LogP) is 4.68. The Labute approximate surface area is 241 Å². The third-order valence-corrected chi connectivity index (χ3v) is 8.25. The SMILES string of the molecule is CCC(C(=O)NCC(C)C)N(Cc1cccc(C)c1)C(=O)CN(c1ccc([N+](=O)[O-])cc1)S(=O)(=O)c1ccccc1. The van der Waals surface area contributed by atoms with Gasteiger partial charge in [-0.3, -0.25) is 24.0 Å². The van der Waals surface area contributed by atoms with Crippen molar-refractivity contribution in [3.05, 3.63) is 100 Å². The van der Waals surface area contributed by atoms with E-state index in [9.17, 15) is 28.1 Å². The van der Waals surface area contributed by atoms with Crippen LogP contribution in [0.5, 0.6) is 0 Å². The number of nitro benzene ring substituents is 1. The number of anilines is 1. The molecule has 1 atom stereocenters. The molecule has 0 bridgehead atoms. The number of benzene rings is 3. The lowest BCUT2D eigenvalue weighted by molar-refractivity contribution is -0.384. The van der Waals surface area contributed by atoms with Gasteiger partial charge in [-0.15, -0.1) is 0 Å². The molecule has 0 heterocycles. The Morgan fingerprint density at radius 1 is 0.976 bits per heavy atom. The lowest BCUT2D eigenvalue weighted by Gasteiger charge is -2.33. The maximum Gasteiger partial charge on any atom is 0.269 e. The van der Waals surface area contributed by atoms with Crippen LogP contribution in [0.4, 0.5) is 11.4 Å². The lowest BCUT2D eigenvalue weighted by Crippen LogP contribution is -2.52. The summed E-state index contributed by atoms with van der Waals surface area (Å²) in [6.45, 7) is 7.55. The molecule has 0 radical (unpaired) electrons. The topological polar surface area (TPSA) is 130 Å². The molecule has 2 amide bonds. The monoisotopic (exact) mass is 580 g/mol. The fourth-order valence-electron chi connectivity index (χ4n) is 4.34. The van der Waals surface area contributed by atoms with Gasteiger partial charge in [0.15, 0.2) is 0 Å². The third kappa shape index (κ3) is 8.14. The van der Waals surface area contributed by atoms with Crippen molar-refractivity contribution in [1.29, 1.82) is 0 Å². The van der Waals surface area contributed by atoms with E-state index in [1.54, 1.807) is 25.1 Å². The third-order valence-electron chi connectivity index (χ3n) is 6.46. The number of amides is 2. The van der Waals surface area contributed by atoms with Crippen LogP contribution in [-0.2, 0) is 26.2 Å². The second-order valence-corrected chi connectivity index (χ2v) is 12.0. The Hall–Kier alpha value is -4.25. The fourth-order valence-corrected chi connectivity index (χ4v) is 5.77. The average molecular weight is 581 g/mol. The number of hydrogen-bond donors (Lipinski definition) is 1. The highest BCUT2D eigenvalue weighted by Crippen LogP contribution is 2.26. The van der Waals surface area contributed by atoms with Gasteiger partial charge in [-0.2, -0.15) is 0 Å². The summed E-state index contributed by atoms with van der Waals surface area (Å²) >= 11 is 0. The lowest BCUT2D eigenvalue weighted by atomic mass is 10.1. The maximum atomic E-state index is 14.0. The van der Waals surface area contributed by atoms with Crippen LogP contribution in [-0.4, -0.2) is 49.2 Å². The summed E-state index contributed by atoms with van der Waals surface area (Å²) in [7, 11) is -4.25. The zero-order chi connectivity index (χ0) is 30.2. The molecule has 3 aromatic carbocycles. The maximum absolute atomic E-state index is 14.0. The Morgan fingerprint density at radius 2 is 1.63 bits per heavy atom. The van der Waals surface area contributed by atoms with Gasteiger partial charge in [0.05, 0.1) is 15.5 Å². The van der Waals surface area contributed by atoms with Crippen molar-refractivity contribution in [3.8, 4) is 0 Å². The number of nitrogens with one attached hydrogen (secondary N) is 1. The first-order valence-electron chi connectivity index (χ1n) is 13.4. The van der Waals surface area contributed by atoms with Crippen LogP contribution in [0.1, 0.15) is 38.3 Å². The fraction of sp³-hybridized carbons (Fsp3) is 0.333. The summed E-state index contributed by atoms with van der Waals surface area (Å²) in [5.41, 5.74) is 1.64. The molecule has 0 aliphatic rings. The van der Waals surface area contributed by atoms with Crippen molar-refractivity contribution >= 4 is 33.2 Å². The van der Waals surface area contributed by atoms with Crippen molar-refractivity contribution in [2.24, 2.45) is 5.92 Å². The molecule has 10 nitrogen and oxygen atoms in total. The number of nitrogens with zero attached hydrogens (tertiary/aromatic N) is 3. The number of non-ortho nitro benzene ring substituents is 1. The number of aryl methyl sites for hydroxylation is 1. The standard InChI is InChI=1S/C30H36N4O6S/c1-5-28(30(36)31-19-22(2)3)32(20-24-11-9-10-23(4)18-24)29(35)21-33(25-14-16-26(17-15-25)34(37)38)41(39,40)27-12-7-6-8-13-27/h6-18,22,28H,5,19-21H2,1-4H3,(H,31,36). The smallest absolute Gasteiger partial charge is 0.269 e. The van der Waals surface area contributed by atoms with Crippen LogP contribution in [0.3, 0.4) is 0 Å². The normalized spacial score (nSPS) is 12.0. The Morgan fingerprint density at radius 3 is 2.20 bits per heavy atom. The largest absolute Gasteiger partial charge is 0.354 e. The number of nitro groups is 1. The molecule has 0 fully saturated rings. The highest BCUT2D eigenvalue weighted by molar-refractivity contribution is 7.92. The molecular weight excluding hydrogens is 544 g/mol. The molecule has 0 aromatic heterocycles. The van der Waals surface area contributed by atoms with Gasteiger partial charge < -0.3 is 10.2 Å². The van der Waals surface area contributed by atoms with E-state index in [2.05, 4.69) is 5.32 Å². The molecular formula is C30H36N4O6S. The molecule has 1 N–H and O–H groups in total. The van der Waals surface area contributed by atoms with E-state index in [1.807, 2.05) is 45.0 Å². The van der Waals surface area contributed by atoms with Crippen LogP contribution in [0, 0.1) is 23.0 Å². The zero-order valence-electron chi connectivity index (χ0n) is 23.7. The van der Waals surface area contributed by atoms with Crippen LogP contribution in [0.2, 0.25) is 0 Å². The van der Waals surface area contributed by atoms with Crippen LogP contribution in [0.15, 0.2) is 83.8 Å². The molecule has 3 rings (SSSR count). The van der Waals surface area contributed by atoms with Gasteiger partial charge in [-0.1, -0.05) is 68.8 Å². The molecule has 41 heavy (non-hydrogen) atoms. The predicted molar refractivity (Wildman–Crippen MR) is 158 cm³/mol. The molecule has 0 saturated carbocycles. The van der Waals surface area contributed by atoms with E-state index >= 15 is 0 Å². The molecule has 3 aromatic rings. The minimum atomic E-state index is -4.25. The summed E-state index contributed by atoms with van der Waals surface area (Å²) in [6.07, 6.45) is 0.310. The molecule has 1 unspecified atom stereocenters. The van der Waals surface area contributed by atoms with E-state index in [4.69, 9.17) is 0 Å². The molecule has 0 aliphatic carbocycles. The zero-order valence-corrected chi connectivity index (χ0v) is 24.5. The van der Waals surface area contributed by atoms with E-state index in [0.29, 0.717) is 13.0 Å². The number of hydrogen-bond acceptors (Lipinski definition) is 6. The van der Waals surface area contributed by atoms with Crippen LogP contribution >= 0.6 is 0 Å². The van der Waals surface area contributed by atoms with Gasteiger partial charge in [0.25, 0.3) is 15.7 Å². The van der Waals surface area contributed by atoms with Crippen molar-refractivity contribution in [2.75, 3.05) is 17.4 Å². The average Bonchev–Trinajstić information content (AvgIpc) is 2.95. The molecule has 11 heteroatoms. The van der Waals surface area contributed by atoms with Crippen molar-refractivity contribution in [3.63, 3.8) is 0 Å². The first-order chi connectivity index (χ1) is 19.4. The van der Waals surface area contributed by atoms with Gasteiger partial charge in [0.1, 0.15) is 12.6 Å². The molecule has 218 valence electrons.